The molecule has 0 unspecified atom stereocenters. The third kappa shape index (κ3) is 3.63. The Labute approximate surface area is 107 Å². The molecule has 3 N–H and O–H groups in total. The van der Waals surface area contributed by atoms with Crippen molar-refractivity contribution < 1.29 is 4.79 Å². The van der Waals surface area contributed by atoms with Crippen molar-refractivity contribution in [3.8, 4) is 0 Å². The van der Waals surface area contributed by atoms with E-state index in [1.807, 2.05) is 0 Å². The average molecular weight is 255 g/mol. The summed E-state index contributed by atoms with van der Waals surface area (Å²) in [4.78, 5) is 11.9. The number of nitrogen functional groups attached to an aromatic ring is 1. The van der Waals surface area contributed by atoms with Gasteiger partial charge in [-0.1, -0.05) is 38.4 Å². The highest BCUT2D eigenvalue weighted by Crippen LogP contribution is 2.23. The van der Waals surface area contributed by atoms with Gasteiger partial charge in [-0.2, -0.15) is 0 Å². The normalized spacial score (nSPS) is 11.3. The van der Waals surface area contributed by atoms with Gasteiger partial charge in [-0.05, 0) is 24.0 Å². The van der Waals surface area contributed by atoms with Crippen LogP contribution >= 0.6 is 11.6 Å². The lowest BCUT2D eigenvalue weighted by Gasteiger charge is -2.23. The molecule has 1 aromatic carbocycles. The van der Waals surface area contributed by atoms with Crippen LogP contribution in [0.3, 0.4) is 0 Å². The fraction of sp³-hybridized carbons (Fsp3) is 0.462. The number of hydrogen-bond acceptors (Lipinski definition) is 2. The van der Waals surface area contributed by atoms with Gasteiger partial charge in [-0.3, -0.25) is 4.79 Å². The summed E-state index contributed by atoms with van der Waals surface area (Å²) >= 11 is 5.87. The van der Waals surface area contributed by atoms with E-state index in [1.54, 1.807) is 18.2 Å². The van der Waals surface area contributed by atoms with Gasteiger partial charge in [-0.25, -0.2) is 0 Å². The Balaban J connectivity index is 2.74. The highest BCUT2D eigenvalue weighted by molar-refractivity contribution is 6.33. The van der Waals surface area contributed by atoms with Gasteiger partial charge in [0.25, 0.3) is 5.91 Å². The predicted octanol–water partition coefficient (Wildman–Crippen LogP) is 3.09. The first-order chi connectivity index (χ1) is 7.87. The van der Waals surface area contributed by atoms with E-state index in [-0.39, 0.29) is 11.3 Å². The molecule has 0 saturated heterocycles. The number of anilines is 1. The van der Waals surface area contributed by atoms with Crippen molar-refractivity contribution in [2.45, 2.75) is 27.2 Å². The van der Waals surface area contributed by atoms with Crippen LogP contribution in [0.2, 0.25) is 5.02 Å². The van der Waals surface area contributed by atoms with Crippen molar-refractivity contribution in [1.82, 2.24) is 5.32 Å². The Morgan fingerprint density at radius 3 is 2.71 bits per heavy atom. The minimum atomic E-state index is -0.175. The van der Waals surface area contributed by atoms with E-state index in [0.717, 1.165) is 6.42 Å². The monoisotopic (exact) mass is 254 g/mol. The first-order valence-electron chi connectivity index (χ1n) is 5.69. The minimum Gasteiger partial charge on any atom is -0.397 e. The van der Waals surface area contributed by atoms with Crippen molar-refractivity contribution in [3.63, 3.8) is 0 Å². The molecule has 0 spiro atoms. The molecule has 17 heavy (non-hydrogen) atoms. The molecule has 0 saturated carbocycles. The zero-order valence-corrected chi connectivity index (χ0v) is 11.3. The van der Waals surface area contributed by atoms with E-state index in [2.05, 4.69) is 26.1 Å². The molecular formula is C13H19ClN2O. The van der Waals surface area contributed by atoms with E-state index in [0.29, 0.717) is 22.8 Å². The molecule has 3 nitrogen and oxygen atoms in total. The number of amides is 1. The Hall–Kier alpha value is -1.22. The van der Waals surface area contributed by atoms with Crippen LogP contribution in [0.15, 0.2) is 18.2 Å². The third-order valence-electron chi connectivity index (χ3n) is 2.98. The molecule has 1 aromatic rings. The second-order valence-corrected chi connectivity index (χ2v) is 5.31. The zero-order valence-electron chi connectivity index (χ0n) is 10.5. The standard InChI is InChI=1S/C13H19ClN2O/c1-4-13(2,3)8-16-12(17)9-6-5-7-10(14)11(9)15/h5-7H,4,8,15H2,1-3H3,(H,16,17). The summed E-state index contributed by atoms with van der Waals surface area (Å²) in [7, 11) is 0. The summed E-state index contributed by atoms with van der Waals surface area (Å²) in [6.45, 7) is 6.93. The zero-order chi connectivity index (χ0) is 13.1. The molecule has 94 valence electrons. The van der Waals surface area contributed by atoms with Crippen molar-refractivity contribution in [3.05, 3.63) is 28.8 Å². The molecule has 0 aliphatic heterocycles. The number of nitrogens with one attached hydrogen (secondary N) is 1. The number of para-hydroxylation sites is 1. The first kappa shape index (κ1) is 13.8. The molecule has 1 rings (SSSR count). The van der Waals surface area contributed by atoms with E-state index in [1.165, 1.54) is 0 Å². The van der Waals surface area contributed by atoms with Crippen LogP contribution in [0, 0.1) is 5.41 Å². The molecule has 0 heterocycles. The van der Waals surface area contributed by atoms with Gasteiger partial charge in [0.1, 0.15) is 0 Å². The Bertz CT molecular complexity index is 416. The van der Waals surface area contributed by atoms with Crippen LogP contribution in [0.4, 0.5) is 5.69 Å². The summed E-state index contributed by atoms with van der Waals surface area (Å²) in [5.41, 5.74) is 6.62. The molecule has 0 aliphatic carbocycles. The average Bonchev–Trinajstić information content (AvgIpc) is 2.30. The van der Waals surface area contributed by atoms with Gasteiger partial charge in [0.15, 0.2) is 0 Å². The van der Waals surface area contributed by atoms with Gasteiger partial charge in [0, 0.05) is 6.54 Å². The third-order valence-corrected chi connectivity index (χ3v) is 3.31. The Kier molecular flexibility index (Phi) is 4.40. The lowest BCUT2D eigenvalue weighted by Crippen LogP contribution is -2.33. The fourth-order valence-corrected chi connectivity index (χ4v) is 1.45. The van der Waals surface area contributed by atoms with Gasteiger partial charge in [0.05, 0.1) is 16.3 Å². The van der Waals surface area contributed by atoms with E-state index in [9.17, 15) is 4.79 Å². The van der Waals surface area contributed by atoms with Gasteiger partial charge < -0.3 is 11.1 Å². The van der Waals surface area contributed by atoms with Crippen LogP contribution in [-0.4, -0.2) is 12.5 Å². The number of rotatable bonds is 4. The number of hydrogen-bond donors (Lipinski definition) is 2. The quantitative estimate of drug-likeness (QED) is 0.812. The summed E-state index contributed by atoms with van der Waals surface area (Å²) in [6, 6.07) is 5.07. The number of benzene rings is 1. The van der Waals surface area contributed by atoms with E-state index < -0.39 is 0 Å². The Morgan fingerprint density at radius 1 is 1.47 bits per heavy atom. The van der Waals surface area contributed by atoms with E-state index >= 15 is 0 Å². The first-order valence-corrected chi connectivity index (χ1v) is 6.07. The SMILES string of the molecule is CCC(C)(C)CNC(=O)c1cccc(Cl)c1N. The summed E-state index contributed by atoms with van der Waals surface area (Å²) < 4.78 is 0. The van der Waals surface area contributed by atoms with Crippen molar-refractivity contribution in [2.75, 3.05) is 12.3 Å². The predicted molar refractivity (Wildman–Crippen MR) is 72.3 cm³/mol. The van der Waals surface area contributed by atoms with E-state index in [4.69, 9.17) is 17.3 Å². The van der Waals surface area contributed by atoms with Gasteiger partial charge in [0.2, 0.25) is 0 Å². The maximum Gasteiger partial charge on any atom is 0.253 e. The fourth-order valence-electron chi connectivity index (χ4n) is 1.27. The van der Waals surface area contributed by atoms with Crippen molar-refractivity contribution >= 4 is 23.2 Å². The molecule has 4 heteroatoms. The maximum absolute atomic E-state index is 11.9. The van der Waals surface area contributed by atoms with Crippen molar-refractivity contribution in [1.29, 1.82) is 0 Å². The van der Waals surface area contributed by atoms with Crippen LogP contribution in [0.1, 0.15) is 37.6 Å². The molecule has 0 aliphatic rings. The summed E-state index contributed by atoms with van der Waals surface area (Å²) in [5.74, 6) is -0.175. The number of carbonyl (C=O) groups is 1. The van der Waals surface area contributed by atoms with Crippen LogP contribution < -0.4 is 11.1 Å². The second kappa shape index (κ2) is 5.41. The second-order valence-electron chi connectivity index (χ2n) is 4.90. The molecular weight excluding hydrogens is 236 g/mol. The van der Waals surface area contributed by atoms with Gasteiger partial charge in [-0.15, -0.1) is 0 Å². The topological polar surface area (TPSA) is 55.1 Å². The lowest BCUT2D eigenvalue weighted by atomic mass is 9.90. The highest BCUT2D eigenvalue weighted by atomic mass is 35.5. The highest BCUT2D eigenvalue weighted by Gasteiger charge is 2.18. The molecule has 0 atom stereocenters. The Morgan fingerprint density at radius 2 is 2.12 bits per heavy atom. The van der Waals surface area contributed by atoms with Crippen LogP contribution in [0.5, 0.6) is 0 Å². The summed E-state index contributed by atoms with van der Waals surface area (Å²) in [6.07, 6.45) is 0.998. The maximum atomic E-state index is 11.9. The lowest BCUT2D eigenvalue weighted by molar-refractivity contribution is 0.0936. The number of halogens is 1. The summed E-state index contributed by atoms with van der Waals surface area (Å²) in [5, 5.41) is 3.29. The van der Waals surface area contributed by atoms with Crippen LogP contribution in [-0.2, 0) is 0 Å². The number of carbonyl (C=O) groups excluding carboxylic acids is 1. The smallest absolute Gasteiger partial charge is 0.253 e. The molecule has 0 radical (unpaired) electrons. The molecule has 0 bridgehead atoms. The molecule has 0 aromatic heterocycles. The number of nitrogens with two attached hydrogens (primary N) is 1. The molecule has 0 fully saturated rings. The minimum absolute atomic E-state index is 0.0863. The largest absolute Gasteiger partial charge is 0.397 e. The molecule has 1 amide bonds. The van der Waals surface area contributed by atoms with Crippen LogP contribution in [0.25, 0.3) is 0 Å². The van der Waals surface area contributed by atoms with Gasteiger partial charge >= 0.3 is 0 Å². The van der Waals surface area contributed by atoms with Crippen molar-refractivity contribution in [2.24, 2.45) is 5.41 Å².